The minimum Gasteiger partial charge on any atom is -0.292 e. The van der Waals surface area contributed by atoms with Crippen LogP contribution in [0.5, 0.6) is 0 Å². The van der Waals surface area contributed by atoms with Crippen LogP contribution in [0, 0.1) is 6.92 Å². The van der Waals surface area contributed by atoms with E-state index in [1.54, 1.807) is 0 Å². The molecule has 130 valence electrons. The van der Waals surface area contributed by atoms with Gasteiger partial charge in [-0.2, -0.15) is 5.10 Å². The Kier molecular flexibility index (Phi) is 4.44. The highest BCUT2D eigenvalue weighted by molar-refractivity contribution is 6.42. The lowest BCUT2D eigenvalue weighted by atomic mass is 10.1. The summed E-state index contributed by atoms with van der Waals surface area (Å²) < 4.78 is 1.84. The van der Waals surface area contributed by atoms with E-state index in [1.807, 2.05) is 37.0 Å². The van der Waals surface area contributed by atoms with Gasteiger partial charge in [-0.05, 0) is 49.1 Å². The second-order valence-corrected chi connectivity index (χ2v) is 7.62. The summed E-state index contributed by atoms with van der Waals surface area (Å²) in [4.78, 5) is 7.10. The highest BCUT2D eigenvalue weighted by atomic mass is 35.5. The van der Waals surface area contributed by atoms with Gasteiger partial charge in [0, 0.05) is 37.8 Å². The Morgan fingerprint density at radius 3 is 2.60 bits per heavy atom. The molecule has 6 heteroatoms. The van der Waals surface area contributed by atoms with Crippen LogP contribution in [0.15, 0.2) is 30.5 Å². The zero-order valence-corrected chi connectivity index (χ0v) is 15.8. The maximum atomic E-state index is 6.17. The lowest BCUT2D eigenvalue weighted by Crippen LogP contribution is -2.25. The quantitative estimate of drug-likeness (QED) is 0.646. The Labute approximate surface area is 157 Å². The molecule has 3 aromatic rings. The summed E-state index contributed by atoms with van der Waals surface area (Å²) in [5.41, 5.74) is 4.36. The molecule has 1 saturated carbocycles. The Morgan fingerprint density at radius 2 is 1.88 bits per heavy atom. The number of pyridine rings is 1. The Morgan fingerprint density at radius 1 is 1.12 bits per heavy atom. The lowest BCUT2D eigenvalue weighted by Gasteiger charge is -2.22. The largest absolute Gasteiger partial charge is 0.292 e. The van der Waals surface area contributed by atoms with Crippen LogP contribution in [0.2, 0.25) is 10.0 Å². The molecule has 0 bridgehead atoms. The van der Waals surface area contributed by atoms with Crippen LogP contribution >= 0.6 is 23.2 Å². The molecule has 0 radical (unpaired) electrons. The molecular formula is C19H20Cl2N4. The van der Waals surface area contributed by atoms with E-state index < -0.39 is 0 Å². The number of aryl methyl sites for hydroxylation is 2. The van der Waals surface area contributed by atoms with Gasteiger partial charge in [-0.1, -0.05) is 29.3 Å². The molecule has 0 saturated heterocycles. The third kappa shape index (κ3) is 3.52. The van der Waals surface area contributed by atoms with Crippen molar-refractivity contribution < 1.29 is 0 Å². The Hall–Kier alpha value is -1.62. The molecule has 1 fully saturated rings. The lowest BCUT2D eigenvalue weighted by molar-refractivity contribution is 0.245. The van der Waals surface area contributed by atoms with E-state index >= 15 is 0 Å². The van der Waals surface area contributed by atoms with Crippen LogP contribution in [0.4, 0.5) is 0 Å². The first-order chi connectivity index (χ1) is 12.0. The van der Waals surface area contributed by atoms with E-state index in [0.717, 1.165) is 29.8 Å². The number of halogens is 2. The third-order valence-corrected chi connectivity index (χ3v) is 5.48. The summed E-state index contributed by atoms with van der Waals surface area (Å²) >= 11 is 12.2. The summed E-state index contributed by atoms with van der Waals surface area (Å²) in [7, 11) is 1.93. The summed E-state index contributed by atoms with van der Waals surface area (Å²) in [6.07, 6.45) is 4.47. The van der Waals surface area contributed by atoms with E-state index in [0.29, 0.717) is 16.1 Å². The van der Waals surface area contributed by atoms with Crippen LogP contribution in [0.3, 0.4) is 0 Å². The average Bonchev–Trinajstić information content (AvgIpc) is 3.38. The first-order valence-corrected chi connectivity index (χ1v) is 9.23. The van der Waals surface area contributed by atoms with Gasteiger partial charge in [0.15, 0.2) is 5.65 Å². The normalized spacial score (nSPS) is 14.6. The predicted molar refractivity (Wildman–Crippen MR) is 102 cm³/mol. The van der Waals surface area contributed by atoms with Crippen molar-refractivity contribution in [3.8, 4) is 0 Å². The molecule has 0 N–H and O–H groups in total. The monoisotopic (exact) mass is 374 g/mol. The molecule has 4 nitrogen and oxygen atoms in total. The average molecular weight is 375 g/mol. The molecule has 2 aromatic heterocycles. The summed E-state index contributed by atoms with van der Waals surface area (Å²) in [6.45, 7) is 3.77. The molecule has 25 heavy (non-hydrogen) atoms. The number of benzene rings is 1. The fourth-order valence-corrected chi connectivity index (χ4v) is 3.62. The third-order valence-electron chi connectivity index (χ3n) is 4.74. The second kappa shape index (κ2) is 6.60. The number of aromatic nitrogens is 3. The van der Waals surface area contributed by atoms with Crippen LogP contribution < -0.4 is 0 Å². The van der Waals surface area contributed by atoms with Crippen molar-refractivity contribution in [3.05, 3.63) is 57.3 Å². The van der Waals surface area contributed by atoms with Gasteiger partial charge in [-0.25, -0.2) is 4.98 Å². The SMILES string of the molecule is Cc1nn(C)c2ncc(CN(Cc3ccc(Cl)c(Cl)c3)C3CC3)cc12. The minimum atomic E-state index is 0.602. The van der Waals surface area contributed by atoms with Crippen LogP contribution in [-0.2, 0) is 20.1 Å². The molecule has 1 aliphatic carbocycles. The topological polar surface area (TPSA) is 34.0 Å². The van der Waals surface area contributed by atoms with Crippen molar-refractivity contribution in [2.24, 2.45) is 7.05 Å². The number of fused-ring (bicyclic) bond motifs is 1. The molecule has 0 atom stereocenters. The molecule has 1 aliphatic rings. The fraction of sp³-hybridized carbons (Fsp3) is 0.368. The zero-order valence-electron chi connectivity index (χ0n) is 14.3. The van der Waals surface area contributed by atoms with Crippen LogP contribution in [0.25, 0.3) is 11.0 Å². The van der Waals surface area contributed by atoms with Gasteiger partial charge in [0.1, 0.15) is 0 Å². The highest BCUT2D eigenvalue weighted by Gasteiger charge is 2.29. The van der Waals surface area contributed by atoms with Crippen LogP contribution in [0.1, 0.15) is 29.7 Å². The summed E-state index contributed by atoms with van der Waals surface area (Å²) in [5.74, 6) is 0. The van der Waals surface area contributed by atoms with E-state index in [9.17, 15) is 0 Å². The molecule has 1 aromatic carbocycles. The first kappa shape index (κ1) is 16.8. The summed E-state index contributed by atoms with van der Waals surface area (Å²) in [5, 5.41) is 6.80. The van der Waals surface area contributed by atoms with Crippen molar-refractivity contribution in [1.29, 1.82) is 0 Å². The van der Waals surface area contributed by atoms with Gasteiger partial charge >= 0.3 is 0 Å². The standard InChI is InChI=1S/C19H20Cl2N4/c1-12-16-7-14(9-22-19(16)24(2)23-12)11-25(15-4-5-15)10-13-3-6-17(20)18(21)8-13/h3,6-9,15H,4-5,10-11H2,1-2H3. The van der Waals surface area contributed by atoms with E-state index in [-0.39, 0.29) is 0 Å². The maximum Gasteiger partial charge on any atom is 0.157 e. The van der Waals surface area contributed by atoms with Gasteiger partial charge in [-0.15, -0.1) is 0 Å². The first-order valence-electron chi connectivity index (χ1n) is 8.47. The number of nitrogens with zero attached hydrogens (tertiary/aromatic N) is 4. The number of hydrogen-bond donors (Lipinski definition) is 0. The highest BCUT2D eigenvalue weighted by Crippen LogP contribution is 2.31. The van der Waals surface area contributed by atoms with Gasteiger partial charge in [0.05, 0.1) is 15.7 Å². The van der Waals surface area contributed by atoms with Crippen molar-refractivity contribution in [3.63, 3.8) is 0 Å². The number of rotatable bonds is 5. The van der Waals surface area contributed by atoms with E-state index in [4.69, 9.17) is 23.2 Å². The summed E-state index contributed by atoms with van der Waals surface area (Å²) in [6, 6.07) is 8.74. The van der Waals surface area contributed by atoms with E-state index in [2.05, 4.69) is 27.1 Å². The Bertz CT molecular complexity index is 931. The van der Waals surface area contributed by atoms with Crippen molar-refractivity contribution in [2.45, 2.75) is 38.9 Å². The van der Waals surface area contributed by atoms with Gasteiger partial charge in [0.2, 0.25) is 0 Å². The van der Waals surface area contributed by atoms with Crippen LogP contribution in [-0.4, -0.2) is 25.7 Å². The Balaban J connectivity index is 1.57. The van der Waals surface area contributed by atoms with Gasteiger partial charge < -0.3 is 0 Å². The molecule has 0 spiro atoms. The number of hydrogen-bond acceptors (Lipinski definition) is 3. The minimum absolute atomic E-state index is 0.602. The second-order valence-electron chi connectivity index (χ2n) is 6.81. The molecule has 4 rings (SSSR count). The zero-order chi connectivity index (χ0) is 17.6. The van der Waals surface area contributed by atoms with E-state index in [1.165, 1.54) is 24.0 Å². The van der Waals surface area contributed by atoms with Gasteiger partial charge in [0.25, 0.3) is 0 Å². The molecule has 2 heterocycles. The predicted octanol–water partition coefficient (Wildman–Crippen LogP) is 4.75. The smallest absolute Gasteiger partial charge is 0.157 e. The molecule has 0 unspecified atom stereocenters. The molecule has 0 amide bonds. The van der Waals surface area contributed by atoms with Crippen molar-refractivity contribution in [2.75, 3.05) is 0 Å². The molecular weight excluding hydrogens is 355 g/mol. The fourth-order valence-electron chi connectivity index (χ4n) is 3.30. The maximum absolute atomic E-state index is 6.17. The van der Waals surface area contributed by atoms with Crippen molar-refractivity contribution >= 4 is 34.2 Å². The van der Waals surface area contributed by atoms with Gasteiger partial charge in [-0.3, -0.25) is 9.58 Å². The van der Waals surface area contributed by atoms with Crippen molar-refractivity contribution in [1.82, 2.24) is 19.7 Å². The molecule has 0 aliphatic heterocycles.